The van der Waals surface area contributed by atoms with E-state index in [0.717, 1.165) is 29.9 Å². The van der Waals surface area contributed by atoms with Crippen molar-refractivity contribution in [1.82, 2.24) is 30.7 Å². The summed E-state index contributed by atoms with van der Waals surface area (Å²) in [5.74, 6) is -4.60. The lowest BCUT2D eigenvalue weighted by Gasteiger charge is -2.38. The van der Waals surface area contributed by atoms with Crippen molar-refractivity contribution in [2.24, 2.45) is 29.4 Å². The molecule has 0 aliphatic carbocycles. The summed E-state index contributed by atoms with van der Waals surface area (Å²) in [5, 5.41) is 23.0. The first-order chi connectivity index (χ1) is 29.9. The number of nitrogens with one attached hydrogen (secondary N) is 4. The Kier molecular flexibility index (Phi) is 19.9. The Morgan fingerprint density at radius 1 is 0.953 bits per heavy atom. The van der Waals surface area contributed by atoms with Crippen LogP contribution in [0.4, 0.5) is 5.69 Å². The fraction of sp³-hybridized carbons (Fsp3) is 0.652. The van der Waals surface area contributed by atoms with Crippen molar-refractivity contribution >= 4 is 58.5 Å². The van der Waals surface area contributed by atoms with E-state index < -0.39 is 77.4 Å². The number of likely N-dealkylation sites (N-methyl/N-ethyl adjacent to an activating group) is 2. The van der Waals surface area contributed by atoms with E-state index in [9.17, 15) is 38.7 Å². The summed E-state index contributed by atoms with van der Waals surface area (Å²) in [6.07, 6.45) is 1.86. The normalized spacial score (nSPS) is 19.0. The largest absolute Gasteiger partial charge is 0.481 e. The zero-order chi connectivity index (χ0) is 48.2. The topological polar surface area (TPSA) is 242 Å². The number of likely N-dealkylation sites (tertiary alicyclic amines) is 1. The van der Waals surface area contributed by atoms with Crippen LogP contribution < -0.4 is 27.0 Å². The molecule has 0 radical (unpaired) electrons. The van der Waals surface area contributed by atoms with Gasteiger partial charge in [0, 0.05) is 43.5 Å². The molecule has 2 heterocycles. The molecule has 8 unspecified atom stereocenters. The Bertz CT molecular complexity index is 1940. The van der Waals surface area contributed by atoms with Gasteiger partial charge in [-0.25, -0.2) is 4.98 Å². The number of thiazole rings is 1. The highest BCUT2D eigenvalue weighted by atomic mass is 32.1. The number of anilines is 1. The van der Waals surface area contributed by atoms with Gasteiger partial charge in [-0.2, -0.15) is 0 Å². The molecule has 64 heavy (non-hydrogen) atoms. The number of hydrogen-bond donors (Lipinski definition) is 6. The fourth-order valence-electron chi connectivity index (χ4n) is 7.70. The number of carbonyl (C=O) groups is 7. The van der Waals surface area contributed by atoms with E-state index in [4.69, 9.17) is 10.5 Å². The summed E-state index contributed by atoms with van der Waals surface area (Å²) in [7, 11) is 3.61. The summed E-state index contributed by atoms with van der Waals surface area (Å²) in [6, 6.07) is 3.40. The summed E-state index contributed by atoms with van der Waals surface area (Å²) in [6.45, 7) is 18.5. The van der Waals surface area contributed by atoms with Crippen molar-refractivity contribution in [3.05, 3.63) is 45.9 Å². The van der Waals surface area contributed by atoms with Crippen LogP contribution in [0.5, 0.6) is 0 Å². The molecule has 3 rings (SSSR count). The van der Waals surface area contributed by atoms with E-state index in [1.54, 1.807) is 55.4 Å². The second-order valence-electron chi connectivity index (χ2n) is 18.3. The van der Waals surface area contributed by atoms with E-state index in [1.165, 1.54) is 6.92 Å². The van der Waals surface area contributed by atoms with Gasteiger partial charge in [-0.1, -0.05) is 67.0 Å². The first-order valence-electron chi connectivity index (χ1n) is 22.3. The van der Waals surface area contributed by atoms with E-state index in [1.807, 2.05) is 60.4 Å². The smallest absolute Gasteiger partial charge is 0.306 e. The van der Waals surface area contributed by atoms with Crippen molar-refractivity contribution in [2.45, 2.75) is 150 Å². The van der Waals surface area contributed by atoms with Crippen molar-refractivity contribution in [3.63, 3.8) is 0 Å². The molecule has 5 amide bonds. The highest BCUT2D eigenvalue weighted by Gasteiger charge is 2.44. The predicted molar refractivity (Wildman–Crippen MR) is 246 cm³/mol. The van der Waals surface area contributed by atoms with E-state index in [-0.39, 0.29) is 54.5 Å². The van der Waals surface area contributed by atoms with Crippen molar-refractivity contribution in [3.8, 4) is 0 Å². The number of rotatable bonds is 23. The van der Waals surface area contributed by atoms with E-state index >= 15 is 0 Å². The maximum atomic E-state index is 14.3. The Hall–Kier alpha value is -4.94. The van der Waals surface area contributed by atoms with Gasteiger partial charge < -0.3 is 41.7 Å². The molecule has 1 aliphatic rings. The first kappa shape index (κ1) is 53.4. The molecule has 9 atom stereocenters. The van der Waals surface area contributed by atoms with Gasteiger partial charge in [0.05, 0.1) is 17.5 Å². The molecule has 2 aromatic rings. The molecule has 17 nitrogen and oxygen atoms in total. The van der Waals surface area contributed by atoms with Crippen molar-refractivity contribution in [2.75, 3.05) is 26.0 Å². The summed E-state index contributed by atoms with van der Waals surface area (Å²) in [5.41, 5.74) is 6.46. The molecule has 1 aromatic heterocycles. The standard InChI is InChI=1S/C46H72N8O9S/c1-13-27(6)38(52-45(62)46(10)19-14-20-53(46)11)43(59)54(12)35(25(2)3)23-36(63-30(9)55)42-51-34(24-64-42)40(57)50-33(21-28(7)44(60)61)22-31-15-17-32(18-16-31)49-39(56)29(8)48-41(58)37(47)26(4)5/h15-18,24-29,33,35-38H,13-14,19-23,47H2,1-12H3,(H,48,58)(H,49,56)(H,50,57)(H,52,62)(H,60,61)/t27?,28?,29?,33?,35?,36?,37?,38?,46-/m1/s1. The lowest BCUT2D eigenvalue weighted by atomic mass is 9.91. The van der Waals surface area contributed by atoms with Gasteiger partial charge >= 0.3 is 11.9 Å². The molecular formula is C46H72N8O9S. The van der Waals surface area contributed by atoms with Crippen molar-refractivity contribution < 1.29 is 43.4 Å². The van der Waals surface area contributed by atoms with E-state index in [2.05, 4.69) is 26.3 Å². The first-order valence-corrected chi connectivity index (χ1v) is 23.2. The van der Waals surface area contributed by atoms with Crippen LogP contribution in [0, 0.1) is 23.7 Å². The Morgan fingerprint density at radius 2 is 1.59 bits per heavy atom. The molecule has 1 aromatic carbocycles. The number of amides is 5. The molecule has 356 valence electrons. The monoisotopic (exact) mass is 913 g/mol. The number of carboxylic acid groups (broad SMARTS) is 1. The number of carboxylic acids is 1. The van der Waals surface area contributed by atoms with Gasteiger partial charge in [0.15, 0.2) is 6.10 Å². The van der Waals surface area contributed by atoms with Crippen LogP contribution in [0.15, 0.2) is 29.6 Å². The average Bonchev–Trinajstić information content (AvgIpc) is 3.87. The van der Waals surface area contributed by atoms with Crippen LogP contribution in [0.2, 0.25) is 0 Å². The molecule has 0 bridgehead atoms. The zero-order valence-corrected chi connectivity index (χ0v) is 40.5. The van der Waals surface area contributed by atoms with Crippen LogP contribution >= 0.6 is 11.3 Å². The number of ether oxygens (including phenoxy) is 1. The molecule has 1 aliphatic heterocycles. The third-order valence-electron chi connectivity index (χ3n) is 12.5. The molecule has 0 spiro atoms. The molecule has 1 fully saturated rings. The van der Waals surface area contributed by atoms with Crippen LogP contribution in [-0.2, 0) is 39.9 Å². The molecule has 0 saturated carbocycles. The maximum Gasteiger partial charge on any atom is 0.306 e. The van der Waals surface area contributed by atoms with Gasteiger partial charge in [-0.3, -0.25) is 38.5 Å². The summed E-state index contributed by atoms with van der Waals surface area (Å²) >= 11 is 1.13. The summed E-state index contributed by atoms with van der Waals surface area (Å²) in [4.78, 5) is 99.5. The minimum absolute atomic E-state index is 0.0502. The van der Waals surface area contributed by atoms with Gasteiger partial charge in [-0.15, -0.1) is 11.3 Å². The second kappa shape index (κ2) is 23.8. The minimum Gasteiger partial charge on any atom is -0.481 e. The van der Waals surface area contributed by atoms with Gasteiger partial charge in [0.2, 0.25) is 23.6 Å². The highest BCUT2D eigenvalue weighted by Crippen LogP contribution is 2.32. The molecule has 1 saturated heterocycles. The number of benzene rings is 1. The summed E-state index contributed by atoms with van der Waals surface area (Å²) < 4.78 is 5.80. The van der Waals surface area contributed by atoms with Crippen LogP contribution in [0.25, 0.3) is 0 Å². The lowest BCUT2D eigenvalue weighted by molar-refractivity contribution is -0.149. The number of nitrogens with two attached hydrogens (primary N) is 1. The fourth-order valence-corrected chi connectivity index (χ4v) is 8.54. The molecule has 7 N–H and O–H groups in total. The number of carbonyl (C=O) groups excluding carboxylic acids is 6. The van der Waals surface area contributed by atoms with Crippen molar-refractivity contribution in [1.29, 1.82) is 0 Å². The third kappa shape index (κ3) is 14.5. The number of hydrogen-bond acceptors (Lipinski definition) is 12. The Labute approximate surface area is 382 Å². The van der Waals surface area contributed by atoms with Gasteiger partial charge in [0.1, 0.15) is 22.8 Å². The zero-order valence-electron chi connectivity index (χ0n) is 39.7. The molecule has 18 heteroatoms. The Balaban J connectivity index is 1.78. The van der Waals surface area contributed by atoms with Gasteiger partial charge in [-0.05, 0) is 88.6 Å². The average molecular weight is 913 g/mol. The number of aromatic nitrogens is 1. The highest BCUT2D eigenvalue weighted by molar-refractivity contribution is 7.09. The second-order valence-corrected chi connectivity index (χ2v) is 19.2. The maximum absolute atomic E-state index is 14.3. The minimum atomic E-state index is -1.02. The number of nitrogens with zero attached hydrogens (tertiary/aromatic N) is 3. The van der Waals surface area contributed by atoms with E-state index in [0.29, 0.717) is 23.5 Å². The SMILES string of the molecule is CCC(C)C(NC(=O)[C@@]1(C)CCCN1C)C(=O)N(C)C(CC(OC(C)=O)c1nc(C(=O)NC(Cc2ccc(NC(=O)C(C)NC(=O)C(N)C(C)C)cc2)CC(C)C(=O)O)cs1)C(C)C. The van der Waals surface area contributed by atoms with Crippen LogP contribution in [0.3, 0.4) is 0 Å². The molecular weight excluding hydrogens is 841 g/mol. The number of esters is 1. The lowest BCUT2D eigenvalue weighted by Crippen LogP contribution is -2.60. The predicted octanol–water partition coefficient (Wildman–Crippen LogP) is 4.51. The Morgan fingerprint density at radius 3 is 2.12 bits per heavy atom. The quantitative estimate of drug-likeness (QED) is 0.0844. The van der Waals surface area contributed by atoms with Gasteiger partial charge in [0.25, 0.3) is 5.91 Å². The van der Waals surface area contributed by atoms with Crippen LogP contribution in [-0.4, -0.2) is 118 Å². The number of aliphatic carboxylic acids is 1. The third-order valence-corrected chi connectivity index (χ3v) is 13.5. The van der Waals surface area contributed by atoms with Crippen LogP contribution in [0.1, 0.15) is 129 Å².